The molecular weight excluding hydrogens is 649 g/mol. The lowest BCUT2D eigenvalue weighted by Gasteiger charge is -2.12. The molecule has 0 aliphatic carbocycles. The molecule has 0 spiro atoms. The number of nitrogens with zero attached hydrogens (tertiary/aromatic N) is 4. The number of hydrogen-bond acceptors (Lipinski definition) is 5. The topological polar surface area (TPSA) is 64.7 Å². The maximum Gasteiger partial charge on any atom is 0.227 e. The van der Waals surface area contributed by atoms with E-state index in [0.29, 0.717) is 11.7 Å². The molecule has 0 bridgehead atoms. The summed E-state index contributed by atoms with van der Waals surface area (Å²) in [5.41, 5.74) is 12.4. The molecule has 0 aliphatic rings. The summed E-state index contributed by atoms with van der Waals surface area (Å²) in [6.07, 6.45) is 0. The van der Waals surface area contributed by atoms with Crippen LogP contribution in [0.2, 0.25) is 0 Å². The SMILES string of the molecule is c1ccc(-c2ccc(-c3cc(-c4ccccc4)nc(-c4ccc(-c5nc6ccccc6c6c5ccc5oc(-c7ccccc7)nc56)cc4)n3)cc2)cc1. The number of pyridine rings is 1. The number of fused-ring (bicyclic) bond motifs is 5. The highest BCUT2D eigenvalue weighted by atomic mass is 16.3. The summed E-state index contributed by atoms with van der Waals surface area (Å²) in [6, 6.07) is 62.1. The Kier molecular flexibility index (Phi) is 7.40. The highest BCUT2D eigenvalue weighted by Gasteiger charge is 2.18. The van der Waals surface area contributed by atoms with Crippen molar-refractivity contribution in [2.24, 2.45) is 0 Å². The molecule has 7 aromatic carbocycles. The third kappa shape index (κ3) is 5.61. The highest BCUT2D eigenvalue weighted by Crippen LogP contribution is 2.39. The summed E-state index contributed by atoms with van der Waals surface area (Å²) in [6.45, 7) is 0. The fraction of sp³-hybridized carbons (Fsp3) is 0. The molecular formula is C48H30N4O. The van der Waals surface area contributed by atoms with Crippen LogP contribution in [0.5, 0.6) is 0 Å². The Morgan fingerprint density at radius 1 is 0.358 bits per heavy atom. The van der Waals surface area contributed by atoms with E-state index in [1.165, 1.54) is 11.1 Å². The van der Waals surface area contributed by atoms with Gasteiger partial charge >= 0.3 is 0 Å². The van der Waals surface area contributed by atoms with Gasteiger partial charge in [-0.05, 0) is 47.5 Å². The van der Waals surface area contributed by atoms with E-state index >= 15 is 0 Å². The Morgan fingerprint density at radius 2 is 0.887 bits per heavy atom. The molecule has 0 N–H and O–H groups in total. The van der Waals surface area contributed by atoms with Crippen molar-refractivity contribution >= 4 is 32.8 Å². The van der Waals surface area contributed by atoms with Crippen LogP contribution in [0.15, 0.2) is 186 Å². The van der Waals surface area contributed by atoms with Gasteiger partial charge in [-0.3, -0.25) is 0 Å². The van der Waals surface area contributed by atoms with Gasteiger partial charge < -0.3 is 4.42 Å². The predicted molar refractivity (Wildman–Crippen MR) is 215 cm³/mol. The molecule has 5 heteroatoms. The second kappa shape index (κ2) is 12.8. The van der Waals surface area contributed by atoms with Crippen molar-refractivity contribution in [1.29, 1.82) is 0 Å². The molecule has 0 unspecified atom stereocenters. The number of aromatic nitrogens is 4. The van der Waals surface area contributed by atoms with Crippen LogP contribution in [0, 0.1) is 0 Å². The van der Waals surface area contributed by atoms with Gasteiger partial charge in [-0.25, -0.2) is 19.9 Å². The second-order valence-corrected chi connectivity index (χ2v) is 13.0. The number of rotatable bonds is 6. The van der Waals surface area contributed by atoms with Crippen molar-refractivity contribution in [1.82, 2.24) is 19.9 Å². The lowest BCUT2D eigenvalue weighted by Crippen LogP contribution is -1.96. The first-order chi connectivity index (χ1) is 26.2. The molecule has 10 aromatic rings. The zero-order chi connectivity index (χ0) is 35.1. The van der Waals surface area contributed by atoms with Gasteiger partial charge in [0.05, 0.1) is 22.6 Å². The van der Waals surface area contributed by atoms with Crippen LogP contribution in [0.1, 0.15) is 0 Å². The summed E-state index contributed by atoms with van der Waals surface area (Å²) in [5.74, 6) is 1.26. The van der Waals surface area contributed by atoms with Crippen LogP contribution in [0.25, 0.3) is 101 Å². The monoisotopic (exact) mass is 678 g/mol. The molecule has 53 heavy (non-hydrogen) atoms. The lowest BCUT2D eigenvalue weighted by molar-refractivity contribution is 0.620. The van der Waals surface area contributed by atoms with E-state index < -0.39 is 0 Å². The predicted octanol–water partition coefficient (Wildman–Crippen LogP) is 12.3. The number of benzene rings is 7. The average molecular weight is 679 g/mol. The largest absolute Gasteiger partial charge is 0.436 e. The van der Waals surface area contributed by atoms with Crippen LogP contribution in [-0.4, -0.2) is 19.9 Å². The van der Waals surface area contributed by atoms with Gasteiger partial charge in [0.25, 0.3) is 0 Å². The van der Waals surface area contributed by atoms with Gasteiger partial charge in [-0.2, -0.15) is 0 Å². The van der Waals surface area contributed by atoms with Crippen molar-refractivity contribution in [3.63, 3.8) is 0 Å². The molecule has 10 rings (SSSR count). The van der Waals surface area contributed by atoms with Gasteiger partial charge in [0, 0.05) is 44.0 Å². The number of hydrogen-bond donors (Lipinski definition) is 0. The summed E-state index contributed by atoms with van der Waals surface area (Å²) in [7, 11) is 0. The van der Waals surface area contributed by atoms with Crippen molar-refractivity contribution in [2.75, 3.05) is 0 Å². The van der Waals surface area contributed by atoms with Crippen molar-refractivity contribution in [3.8, 4) is 67.7 Å². The van der Waals surface area contributed by atoms with Crippen molar-refractivity contribution < 1.29 is 4.42 Å². The van der Waals surface area contributed by atoms with E-state index in [2.05, 4.69) is 109 Å². The van der Waals surface area contributed by atoms with Gasteiger partial charge in [-0.15, -0.1) is 0 Å². The summed E-state index contributed by atoms with van der Waals surface area (Å²) in [5, 5.41) is 3.08. The third-order valence-corrected chi connectivity index (χ3v) is 9.74. The van der Waals surface area contributed by atoms with Gasteiger partial charge in [0.1, 0.15) is 5.52 Å². The maximum absolute atomic E-state index is 6.29. The Labute approximate surface area is 305 Å². The highest BCUT2D eigenvalue weighted by molar-refractivity contribution is 6.20. The van der Waals surface area contributed by atoms with Crippen LogP contribution < -0.4 is 0 Å². The van der Waals surface area contributed by atoms with E-state index in [9.17, 15) is 0 Å². The van der Waals surface area contributed by atoms with Crippen molar-refractivity contribution in [3.05, 3.63) is 182 Å². The molecule has 5 nitrogen and oxygen atoms in total. The molecule has 0 amide bonds. The van der Waals surface area contributed by atoms with E-state index in [1.54, 1.807) is 0 Å². The number of para-hydroxylation sites is 1. The molecule has 0 fully saturated rings. The molecule has 3 heterocycles. The normalized spacial score (nSPS) is 11.4. The Morgan fingerprint density at radius 3 is 1.58 bits per heavy atom. The van der Waals surface area contributed by atoms with Gasteiger partial charge in [-0.1, -0.05) is 146 Å². The summed E-state index contributed by atoms with van der Waals surface area (Å²) in [4.78, 5) is 20.4. The van der Waals surface area contributed by atoms with Gasteiger partial charge in [0.15, 0.2) is 11.4 Å². The minimum absolute atomic E-state index is 0.601. The zero-order valence-electron chi connectivity index (χ0n) is 28.5. The quantitative estimate of drug-likeness (QED) is 0.164. The first kappa shape index (κ1) is 30.6. The van der Waals surface area contributed by atoms with E-state index in [4.69, 9.17) is 24.4 Å². The zero-order valence-corrected chi connectivity index (χ0v) is 28.5. The Hall–Kier alpha value is -7.24. The van der Waals surface area contributed by atoms with E-state index in [1.807, 2.05) is 72.8 Å². The number of oxazole rings is 1. The molecule has 0 saturated heterocycles. The molecule has 0 atom stereocenters. The van der Waals surface area contributed by atoms with Crippen molar-refractivity contribution in [2.45, 2.75) is 0 Å². The smallest absolute Gasteiger partial charge is 0.227 e. The lowest BCUT2D eigenvalue weighted by atomic mass is 9.98. The second-order valence-electron chi connectivity index (χ2n) is 13.0. The standard InChI is InChI=1S/C48H30N4O/c1-4-12-31(13-5-1)32-20-22-34(23-21-32)42-30-41(33-14-6-2-7-15-33)50-47(51-42)36-26-24-35(25-27-36)45-39-28-29-43-46(44(39)38-18-10-11-19-40(38)49-45)52-48(53-43)37-16-8-3-9-17-37/h1-30H. The Bertz CT molecular complexity index is 2900. The first-order valence-corrected chi connectivity index (χ1v) is 17.6. The fourth-order valence-corrected chi connectivity index (χ4v) is 7.07. The molecule has 248 valence electrons. The van der Waals surface area contributed by atoms with E-state index in [0.717, 1.165) is 77.7 Å². The Balaban J connectivity index is 1.08. The van der Waals surface area contributed by atoms with Crippen LogP contribution >= 0.6 is 0 Å². The van der Waals surface area contributed by atoms with E-state index in [-0.39, 0.29) is 0 Å². The summed E-state index contributed by atoms with van der Waals surface area (Å²) >= 11 is 0. The minimum atomic E-state index is 0.601. The molecule has 0 radical (unpaired) electrons. The minimum Gasteiger partial charge on any atom is -0.436 e. The molecule has 0 aliphatic heterocycles. The van der Waals surface area contributed by atoms with Crippen LogP contribution in [-0.2, 0) is 0 Å². The third-order valence-electron chi connectivity index (χ3n) is 9.74. The molecule has 0 saturated carbocycles. The first-order valence-electron chi connectivity index (χ1n) is 17.6. The van der Waals surface area contributed by atoms with Gasteiger partial charge in [0.2, 0.25) is 5.89 Å². The average Bonchev–Trinajstić information content (AvgIpc) is 3.69. The maximum atomic E-state index is 6.29. The van der Waals surface area contributed by atoms with Crippen LogP contribution in [0.4, 0.5) is 0 Å². The summed E-state index contributed by atoms with van der Waals surface area (Å²) < 4.78 is 6.29. The molecule has 3 aromatic heterocycles. The van der Waals surface area contributed by atoms with Crippen LogP contribution in [0.3, 0.4) is 0 Å². The fourth-order valence-electron chi connectivity index (χ4n) is 7.07.